The molecule has 5 nitrogen and oxygen atoms in total. The molecular formula is C16H26N4O. The number of rotatable bonds is 5. The maximum absolute atomic E-state index is 12.5. The number of nitrogen functional groups attached to an aromatic ring is 1. The molecule has 0 spiro atoms. The zero-order valence-electron chi connectivity index (χ0n) is 13.4. The number of amides is 1. The van der Waals surface area contributed by atoms with Gasteiger partial charge < -0.3 is 20.9 Å². The SMILES string of the molecule is CN(C)c1ccc(N)cc1C(=O)NCC1(N(C)C)CCC1. The van der Waals surface area contributed by atoms with Gasteiger partial charge in [-0.2, -0.15) is 0 Å². The molecule has 0 bridgehead atoms. The minimum Gasteiger partial charge on any atom is -0.399 e. The molecule has 1 aromatic rings. The Kier molecular flexibility index (Phi) is 4.42. The number of benzene rings is 1. The van der Waals surface area contributed by atoms with E-state index in [9.17, 15) is 4.79 Å². The highest BCUT2D eigenvalue weighted by atomic mass is 16.1. The highest BCUT2D eigenvalue weighted by Gasteiger charge is 2.39. The van der Waals surface area contributed by atoms with E-state index in [1.165, 1.54) is 6.42 Å². The summed E-state index contributed by atoms with van der Waals surface area (Å²) in [6.45, 7) is 0.681. The molecule has 0 unspecified atom stereocenters. The Morgan fingerprint density at radius 1 is 1.29 bits per heavy atom. The van der Waals surface area contributed by atoms with Gasteiger partial charge in [0.25, 0.3) is 5.91 Å². The quantitative estimate of drug-likeness (QED) is 0.808. The van der Waals surface area contributed by atoms with Crippen LogP contribution in [-0.2, 0) is 0 Å². The summed E-state index contributed by atoms with van der Waals surface area (Å²) >= 11 is 0. The van der Waals surface area contributed by atoms with E-state index in [1.54, 1.807) is 6.07 Å². The second kappa shape index (κ2) is 5.93. The molecule has 116 valence electrons. The van der Waals surface area contributed by atoms with Crippen LogP contribution in [0.25, 0.3) is 0 Å². The number of anilines is 2. The zero-order valence-corrected chi connectivity index (χ0v) is 13.4. The number of hydrogen-bond acceptors (Lipinski definition) is 4. The molecule has 0 radical (unpaired) electrons. The van der Waals surface area contributed by atoms with Gasteiger partial charge in [0.2, 0.25) is 0 Å². The van der Waals surface area contributed by atoms with Gasteiger partial charge in [-0.15, -0.1) is 0 Å². The number of hydrogen-bond donors (Lipinski definition) is 2. The molecule has 1 amide bonds. The van der Waals surface area contributed by atoms with E-state index >= 15 is 0 Å². The second-order valence-corrected chi connectivity index (χ2v) is 6.33. The van der Waals surface area contributed by atoms with Crippen LogP contribution in [0, 0.1) is 0 Å². The predicted molar refractivity (Wildman–Crippen MR) is 87.8 cm³/mol. The van der Waals surface area contributed by atoms with Gasteiger partial charge in [-0.1, -0.05) is 0 Å². The summed E-state index contributed by atoms with van der Waals surface area (Å²) in [5.74, 6) is -0.0564. The van der Waals surface area contributed by atoms with Gasteiger partial charge in [-0.05, 0) is 51.6 Å². The van der Waals surface area contributed by atoms with Crippen molar-refractivity contribution in [3.8, 4) is 0 Å². The van der Waals surface area contributed by atoms with Crippen LogP contribution >= 0.6 is 0 Å². The first-order valence-electron chi connectivity index (χ1n) is 7.38. The number of likely N-dealkylation sites (N-methyl/N-ethyl adjacent to an activating group) is 1. The molecular weight excluding hydrogens is 264 g/mol. The van der Waals surface area contributed by atoms with Crippen LogP contribution < -0.4 is 16.0 Å². The highest BCUT2D eigenvalue weighted by molar-refractivity contribution is 6.00. The van der Waals surface area contributed by atoms with Gasteiger partial charge in [-0.25, -0.2) is 0 Å². The number of carbonyl (C=O) groups excluding carboxylic acids is 1. The normalized spacial score (nSPS) is 16.4. The molecule has 5 heteroatoms. The lowest BCUT2D eigenvalue weighted by molar-refractivity contribution is 0.0558. The third-order valence-electron chi connectivity index (χ3n) is 4.56. The average Bonchev–Trinajstić information content (AvgIpc) is 2.36. The molecule has 1 aliphatic carbocycles. The zero-order chi connectivity index (χ0) is 15.6. The fourth-order valence-corrected chi connectivity index (χ4v) is 2.83. The summed E-state index contributed by atoms with van der Waals surface area (Å²) in [5, 5.41) is 3.08. The van der Waals surface area contributed by atoms with E-state index in [1.807, 2.05) is 31.1 Å². The van der Waals surface area contributed by atoms with Crippen molar-refractivity contribution in [2.24, 2.45) is 0 Å². The lowest BCUT2D eigenvalue weighted by Crippen LogP contribution is -2.57. The summed E-state index contributed by atoms with van der Waals surface area (Å²) in [6, 6.07) is 5.45. The van der Waals surface area contributed by atoms with Gasteiger partial charge in [0.05, 0.1) is 5.56 Å². The highest BCUT2D eigenvalue weighted by Crippen LogP contribution is 2.35. The topological polar surface area (TPSA) is 61.6 Å². The molecule has 0 aliphatic heterocycles. The van der Waals surface area contributed by atoms with Crippen molar-refractivity contribution in [2.75, 3.05) is 45.4 Å². The molecule has 3 N–H and O–H groups in total. The van der Waals surface area contributed by atoms with E-state index < -0.39 is 0 Å². The monoisotopic (exact) mass is 290 g/mol. The number of carbonyl (C=O) groups is 1. The molecule has 1 aromatic carbocycles. The van der Waals surface area contributed by atoms with E-state index in [0.717, 1.165) is 18.5 Å². The van der Waals surface area contributed by atoms with E-state index in [0.29, 0.717) is 17.8 Å². The van der Waals surface area contributed by atoms with Crippen LogP contribution in [0.5, 0.6) is 0 Å². The van der Waals surface area contributed by atoms with Crippen LogP contribution in [0.15, 0.2) is 18.2 Å². The standard InChI is InChI=1S/C16H26N4O/c1-19(2)14-7-6-12(17)10-13(14)15(21)18-11-16(20(3)4)8-5-9-16/h6-7,10H,5,8-9,11,17H2,1-4H3,(H,18,21). The Hall–Kier alpha value is -1.75. The Morgan fingerprint density at radius 2 is 1.95 bits per heavy atom. The Bertz CT molecular complexity index is 521. The van der Waals surface area contributed by atoms with Crippen LogP contribution in [0.2, 0.25) is 0 Å². The molecule has 21 heavy (non-hydrogen) atoms. The molecule has 1 saturated carbocycles. The third-order valence-corrected chi connectivity index (χ3v) is 4.56. The summed E-state index contributed by atoms with van der Waals surface area (Å²) in [4.78, 5) is 16.7. The van der Waals surface area contributed by atoms with E-state index in [4.69, 9.17) is 5.73 Å². The van der Waals surface area contributed by atoms with Gasteiger partial charge >= 0.3 is 0 Å². The summed E-state index contributed by atoms with van der Waals surface area (Å²) in [5.41, 5.74) is 8.07. The molecule has 0 atom stereocenters. The molecule has 0 heterocycles. The molecule has 2 rings (SSSR count). The molecule has 1 aliphatic rings. The Balaban J connectivity index is 2.12. The van der Waals surface area contributed by atoms with Gasteiger partial charge in [-0.3, -0.25) is 4.79 Å². The average molecular weight is 290 g/mol. The lowest BCUT2D eigenvalue weighted by Gasteiger charge is -2.47. The van der Waals surface area contributed by atoms with Gasteiger partial charge in [0.1, 0.15) is 0 Å². The maximum atomic E-state index is 12.5. The first-order chi connectivity index (χ1) is 9.85. The van der Waals surface area contributed by atoms with Crippen molar-refractivity contribution in [1.29, 1.82) is 0 Å². The van der Waals surface area contributed by atoms with Crippen LogP contribution in [0.1, 0.15) is 29.6 Å². The minimum absolute atomic E-state index is 0.0564. The van der Waals surface area contributed by atoms with Gasteiger partial charge in [0, 0.05) is 37.6 Å². The third kappa shape index (κ3) is 3.13. The number of nitrogens with one attached hydrogen (secondary N) is 1. The number of nitrogens with zero attached hydrogens (tertiary/aromatic N) is 2. The van der Waals surface area contributed by atoms with Gasteiger partial charge in [0.15, 0.2) is 0 Å². The Morgan fingerprint density at radius 3 is 2.43 bits per heavy atom. The first-order valence-corrected chi connectivity index (χ1v) is 7.38. The molecule has 0 saturated heterocycles. The summed E-state index contributed by atoms with van der Waals surface area (Å²) < 4.78 is 0. The van der Waals surface area contributed by atoms with Crippen molar-refractivity contribution in [1.82, 2.24) is 10.2 Å². The lowest BCUT2D eigenvalue weighted by atomic mass is 9.75. The smallest absolute Gasteiger partial charge is 0.253 e. The fraction of sp³-hybridized carbons (Fsp3) is 0.562. The molecule has 1 fully saturated rings. The summed E-state index contributed by atoms with van der Waals surface area (Å²) in [6.07, 6.45) is 3.50. The number of nitrogens with two attached hydrogens (primary N) is 1. The second-order valence-electron chi connectivity index (χ2n) is 6.33. The van der Waals surface area contributed by atoms with Crippen molar-refractivity contribution in [3.63, 3.8) is 0 Å². The van der Waals surface area contributed by atoms with Crippen LogP contribution in [0.3, 0.4) is 0 Å². The molecule has 0 aromatic heterocycles. The van der Waals surface area contributed by atoms with Crippen molar-refractivity contribution < 1.29 is 4.79 Å². The first kappa shape index (κ1) is 15.6. The van der Waals surface area contributed by atoms with Crippen molar-refractivity contribution in [3.05, 3.63) is 23.8 Å². The largest absolute Gasteiger partial charge is 0.399 e. The van der Waals surface area contributed by atoms with Crippen molar-refractivity contribution in [2.45, 2.75) is 24.8 Å². The predicted octanol–water partition coefficient (Wildman–Crippen LogP) is 1.55. The fourth-order valence-electron chi connectivity index (χ4n) is 2.83. The van der Waals surface area contributed by atoms with Crippen molar-refractivity contribution >= 4 is 17.3 Å². The maximum Gasteiger partial charge on any atom is 0.253 e. The van der Waals surface area contributed by atoms with Crippen LogP contribution in [-0.4, -0.2) is 51.1 Å². The van der Waals surface area contributed by atoms with E-state index in [-0.39, 0.29) is 11.4 Å². The van der Waals surface area contributed by atoms with E-state index in [2.05, 4.69) is 24.3 Å². The summed E-state index contributed by atoms with van der Waals surface area (Å²) in [7, 11) is 8.01. The van der Waals surface area contributed by atoms with Crippen LogP contribution in [0.4, 0.5) is 11.4 Å². The Labute approximate surface area is 127 Å². The minimum atomic E-state index is -0.0564.